The fraction of sp³-hybridized carbons (Fsp3) is 0.542. The van der Waals surface area contributed by atoms with Crippen molar-refractivity contribution in [2.45, 2.75) is 79.3 Å². The van der Waals surface area contributed by atoms with Crippen molar-refractivity contribution in [3.8, 4) is 11.3 Å². The standard InChI is InChI=1S/C24H38NSi/c1-16(2)19-14-22(25(8)15-23(19)26(9,10)11)20-13-21(24(5,6)7)18(4)12-17(20)3/h12-16H,1-11H3/q+1/i4D3,16D. The molecule has 0 aliphatic heterocycles. The van der Waals surface area contributed by atoms with E-state index in [9.17, 15) is 0 Å². The Kier molecular flexibility index (Phi) is 4.18. The maximum absolute atomic E-state index is 8.77. The van der Waals surface area contributed by atoms with E-state index in [2.05, 4.69) is 63.3 Å². The lowest BCUT2D eigenvalue weighted by molar-refractivity contribution is -0.659. The van der Waals surface area contributed by atoms with Gasteiger partial charge in [-0.05, 0) is 53.4 Å². The van der Waals surface area contributed by atoms with Gasteiger partial charge in [-0.1, -0.05) is 60.3 Å². The summed E-state index contributed by atoms with van der Waals surface area (Å²) >= 11 is 0. The van der Waals surface area contributed by atoms with Gasteiger partial charge < -0.3 is 0 Å². The van der Waals surface area contributed by atoms with E-state index in [1.165, 1.54) is 5.19 Å². The minimum atomic E-state index is -2.15. The van der Waals surface area contributed by atoms with E-state index in [0.717, 1.165) is 27.9 Å². The third-order valence-corrected chi connectivity index (χ3v) is 7.08. The van der Waals surface area contributed by atoms with Gasteiger partial charge in [-0.15, -0.1) is 0 Å². The largest absolute Gasteiger partial charge is 0.212 e. The molecule has 0 spiro atoms. The van der Waals surface area contributed by atoms with Crippen LogP contribution in [0.1, 0.15) is 68.2 Å². The van der Waals surface area contributed by atoms with Crippen LogP contribution in [0.2, 0.25) is 19.6 Å². The molecule has 0 aliphatic carbocycles. The molecule has 1 aromatic heterocycles. The van der Waals surface area contributed by atoms with Crippen molar-refractivity contribution in [3.05, 3.63) is 46.6 Å². The van der Waals surface area contributed by atoms with Crippen molar-refractivity contribution >= 4 is 13.3 Å². The molecule has 0 saturated heterocycles. The first kappa shape index (κ1) is 15.6. The minimum Gasteiger partial charge on any atom is -0.201 e. The van der Waals surface area contributed by atoms with Crippen LogP contribution in [0.5, 0.6) is 0 Å². The number of aromatic nitrogens is 1. The Hall–Kier alpha value is -1.41. The molecule has 26 heavy (non-hydrogen) atoms. The maximum Gasteiger partial charge on any atom is 0.212 e. The van der Waals surface area contributed by atoms with Crippen LogP contribution in [0, 0.1) is 13.8 Å². The molecular formula is C24H38NSi+. The molecule has 1 heterocycles. The van der Waals surface area contributed by atoms with Crippen molar-refractivity contribution in [2.75, 3.05) is 0 Å². The van der Waals surface area contributed by atoms with Crippen molar-refractivity contribution in [2.24, 2.45) is 7.05 Å². The van der Waals surface area contributed by atoms with Gasteiger partial charge in [0, 0.05) is 22.3 Å². The zero-order valence-electron chi connectivity index (χ0n) is 22.3. The molecule has 1 aromatic carbocycles. The summed E-state index contributed by atoms with van der Waals surface area (Å²) in [6.45, 7) is 16.8. The summed E-state index contributed by atoms with van der Waals surface area (Å²) in [4.78, 5) is 0. The van der Waals surface area contributed by atoms with E-state index in [0.29, 0.717) is 5.56 Å². The van der Waals surface area contributed by atoms with Crippen LogP contribution in [0.15, 0.2) is 24.4 Å². The van der Waals surface area contributed by atoms with Crippen LogP contribution < -0.4 is 9.75 Å². The molecule has 142 valence electrons. The highest BCUT2D eigenvalue weighted by atomic mass is 28.3. The summed E-state index contributed by atoms with van der Waals surface area (Å²) in [6.07, 6.45) is 2.20. The predicted octanol–water partition coefficient (Wildman–Crippen LogP) is 5.76. The van der Waals surface area contributed by atoms with Crippen LogP contribution in [-0.4, -0.2) is 8.07 Å². The first-order chi connectivity index (χ1) is 13.2. The van der Waals surface area contributed by atoms with E-state index in [1.807, 2.05) is 33.9 Å². The number of hydrogen-bond donors (Lipinski definition) is 0. The molecule has 1 nitrogen and oxygen atoms in total. The van der Waals surface area contributed by atoms with E-state index >= 15 is 0 Å². The number of pyridine rings is 1. The number of benzene rings is 1. The van der Waals surface area contributed by atoms with Crippen molar-refractivity contribution < 1.29 is 10.1 Å². The van der Waals surface area contributed by atoms with Gasteiger partial charge in [-0.2, -0.15) is 0 Å². The molecule has 0 bridgehead atoms. The molecule has 0 unspecified atom stereocenters. The lowest BCUT2D eigenvalue weighted by Crippen LogP contribution is -2.47. The first-order valence-corrected chi connectivity index (χ1v) is 12.9. The van der Waals surface area contributed by atoms with Crippen molar-refractivity contribution in [1.29, 1.82) is 0 Å². The van der Waals surface area contributed by atoms with Crippen LogP contribution in [0.4, 0.5) is 0 Å². The quantitative estimate of drug-likeness (QED) is 0.476. The van der Waals surface area contributed by atoms with E-state index in [1.54, 1.807) is 0 Å². The van der Waals surface area contributed by atoms with E-state index in [4.69, 9.17) is 5.48 Å². The third-order valence-electron chi connectivity index (χ3n) is 5.07. The fourth-order valence-electron chi connectivity index (χ4n) is 3.53. The van der Waals surface area contributed by atoms with Gasteiger partial charge >= 0.3 is 0 Å². The molecule has 2 aromatic rings. The first-order valence-electron chi connectivity index (χ1n) is 11.4. The molecule has 0 saturated carbocycles. The highest BCUT2D eigenvalue weighted by molar-refractivity contribution is 6.89. The SMILES string of the molecule is [2H]C([2H])([2H])c1cc(C)c(-c2cc(C([2H])(C)C)c([Si](C)(C)C)c[n+]2C)cc1C(C)(C)C. The second-order valence-electron chi connectivity index (χ2n) is 9.81. The Balaban J connectivity index is 2.91. The zero-order chi connectivity index (χ0) is 23.4. The normalized spacial score (nSPS) is 15.9. The maximum atomic E-state index is 8.77. The highest BCUT2D eigenvalue weighted by Crippen LogP contribution is 2.32. The Morgan fingerprint density at radius 2 is 1.69 bits per heavy atom. The van der Waals surface area contributed by atoms with Gasteiger partial charge in [0.1, 0.15) is 7.05 Å². The zero-order valence-corrected chi connectivity index (χ0v) is 19.3. The summed E-state index contributed by atoms with van der Waals surface area (Å²) in [7, 11) is 0.403. The lowest BCUT2D eigenvalue weighted by Gasteiger charge is -2.24. The molecule has 0 fully saturated rings. The molecule has 0 radical (unpaired) electrons. The van der Waals surface area contributed by atoms with Gasteiger partial charge in [0.25, 0.3) is 0 Å². The predicted molar refractivity (Wildman–Crippen MR) is 118 cm³/mol. The smallest absolute Gasteiger partial charge is 0.201 e. The van der Waals surface area contributed by atoms with Gasteiger partial charge in [0.2, 0.25) is 5.69 Å². The fourth-order valence-corrected chi connectivity index (χ4v) is 5.24. The summed E-state index contributed by atoms with van der Waals surface area (Å²) < 4.78 is 35.0. The second-order valence-corrected chi connectivity index (χ2v) is 14.8. The Morgan fingerprint density at radius 1 is 1.08 bits per heavy atom. The Morgan fingerprint density at radius 3 is 2.15 bits per heavy atom. The van der Waals surface area contributed by atoms with Gasteiger partial charge in [0.05, 0.1) is 8.07 Å². The highest BCUT2D eigenvalue weighted by Gasteiger charge is 2.28. The summed E-state index contributed by atoms with van der Waals surface area (Å²) in [6, 6.07) is 6.05. The molecule has 0 atom stereocenters. The molecule has 2 heteroatoms. The summed E-state index contributed by atoms with van der Waals surface area (Å²) in [5.41, 5.74) is 5.05. The lowest BCUT2D eigenvalue weighted by atomic mass is 9.81. The monoisotopic (exact) mass is 372 g/mol. The van der Waals surface area contributed by atoms with Crippen LogP contribution in [0.3, 0.4) is 0 Å². The summed E-state index contributed by atoms with van der Waals surface area (Å²) in [5.74, 6) is -0.710. The molecule has 0 N–H and O–H groups in total. The number of hydrogen-bond acceptors (Lipinski definition) is 0. The van der Waals surface area contributed by atoms with Crippen LogP contribution in [-0.2, 0) is 12.5 Å². The van der Waals surface area contributed by atoms with E-state index in [-0.39, 0.29) is 5.41 Å². The Labute approximate surface area is 168 Å². The number of aryl methyl sites for hydroxylation is 3. The average Bonchev–Trinajstić information content (AvgIpc) is 2.50. The summed E-state index contributed by atoms with van der Waals surface area (Å²) in [5, 5.41) is 1.29. The molecule has 0 aliphatic rings. The molecular weight excluding hydrogens is 330 g/mol. The van der Waals surface area contributed by atoms with Gasteiger partial charge in [-0.25, -0.2) is 4.57 Å². The number of nitrogens with zero attached hydrogens (tertiary/aromatic N) is 1. The minimum absolute atomic E-state index is 0.291. The molecule has 2 rings (SSSR count). The van der Waals surface area contributed by atoms with Gasteiger partial charge in [-0.3, -0.25) is 0 Å². The topological polar surface area (TPSA) is 3.88 Å². The van der Waals surface area contributed by atoms with Crippen molar-refractivity contribution in [3.63, 3.8) is 0 Å². The van der Waals surface area contributed by atoms with Crippen molar-refractivity contribution in [1.82, 2.24) is 0 Å². The van der Waals surface area contributed by atoms with Crippen LogP contribution >= 0.6 is 0 Å². The van der Waals surface area contributed by atoms with Gasteiger partial charge in [0.15, 0.2) is 6.20 Å². The number of rotatable bonds is 3. The van der Waals surface area contributed by atoms with Crippen LogP contribution in [0.25, 0.3) is 11.3 Å². The molecule has 0 amide bonds. The Bertz CT molecular complexity index is 876. The second kappa shape index (κ2) is 6.96. The third kappa shape index (κ3) is 4.11. The average molecular weight is 373 g/mol. The van der Waals surface area contributed by atoms with E-state index < -0.39 is 20.8 Å².